The molecule has 2 nitrogen and oxygen atoms in total. The van der Waals surface area contributed by atoms with E-state index in [1.807, 2.05) is 6.07 Å². The molecular weight excluding hydrogens is 234 g/mol. The highest BCUT2D eigenvalue weighted by atomic mass is 16.5. The first-order valence-electron chi connectivity index (χ1n) is 7.70. The molecule has 2 heteroatoms. The Morgan fingerprint density at radius 3 is 2.74 bits per heavy atom. The third-order valence-electron chi connectivity index (χ3n) is 4.36. The van der Waals surface area contributed by atoms with Crippen molar-refractivity contribution in [2.75, 3.05) is 13.2 Å². The van der Waals surface area contributed by atoms with E-state index in [1.54, 1.807) is 0 Å². The van der Waals surface area contributed by atoms with Crippen LogP contribution in [-0.2, 0) is 6.54 Å². The van der Waals surface area contributed by atoms with E-state index in [1.165, 1.54) is 31.2 Å². The first-order valence-corrected chi connectivity index (χ1v) is 7.70. The van der Waals surface area contributed by atoms with Crippen LogP contribution in [0.2, 0.25) is 0 Å². The molecule has 1 aliphatic rings. The summed E-state index contributed by atoms with van der Waals surface area (Å²) in [7, 11) is 0. The molecule has 0 aromatic heterocycles. The Bertz CT molecular complexity index is 379. The van der Waals surface area contributed by atoms with Crippen molar-refractivity contribution in [1.82, 2.24) is 5.32 Å². The summed E-state index contributed by atoms with van der Waals surface area (Å²) < 4.78 is 5.67. The van der Waals surface area contributed by atoms with E-state index in [-0.39, 0.29) is 0 Å². The maximum atomic E-state index is 5.67. The van der Waals surface area contributed by atoms with Gasteiger partial charge in [0.1, 0.15) is 5.75 Å². The van der Waals surface area contributed by atoms with E-state index in [2.05, 4.69) is 37.4 Å². The van der Waals surface area contributed by atoms with Crippen molar-refractivity contribution in [2.45, 2.75) is 52.5 Å². The van der Waals surface area contributed by atoms with Gasteiger partial charge >= 0.3 is 0 Å². The average Bonchev–Trinajstić information content (AvgIpc) is 2.40. The van der Waals surface area contributed by atoms with Gasteiger partial charge in [-0.3, -0.25) is 0 Å². The molecule has 0 radical (unpaired) electrons. The highest BCUT2D eigenvalue weighted by Gasteiger charge is 2.34. The molecule has 0 saturated heterocycles. The predicted molar refractivity (Wildman–Crippen MR) is 80.5 cm³/mol. The van der Waals surface area contributed by atoms with Crippen molar-refractivity contribution < 1.29 is 4.74 Å². The van der Waals surface area contributed by atoms with Gasteiger partial charge in [-0.2, -0.15) is 0 Å². The molecule has 0 spiro atoms. The fourth-order valence-electron chi connectivity index (χ4n) is 2.77. The smallest absolute Gasteiger partial charge is 0.119 e. The van der Waals surface area contributed by atoms with E-state index in [0.29, 0.717) is 5.41 Å². The van der Waals surface area contributed by atoms with Gasteiger partial charge in [-0.25, -0.2) is 0 Å². The largest absolute Gasteiger partial charge is 0.494 e. The quantitative estimate of drug-likeness (QED) is 0.759. The van der Waals surface area contributed by atoms with Crippen LogP contribution in [0.25, 0.3) is 0 Å². The molecule has 0 bridgehead atoms. The van der Waals surface area contributed by atoms with Crippen LogP contribution in [0.15, 0.2) is 24.3 Å². The molecule has 0 heterocycles. The van der Waals surface area contributed by atoms with Gasteiger partial charge in [0.15, 0.2) is 0 Å². The summed E-state index contributed by atoms with van der Waals surface area (Å²) in [6, 6.07) is 8.45. The molecule has 2 rings (SSSR count). The van der Waals surface area contributed by atoms with Gasteiger partial charge < -0.3 is 10.1 Å². The van der Waals surface area contributed by atoms with Crippen molar-refractivity contribution in [3.8, 4) is 5.75 Å². The molecule has 1 aliphatic carbocycles. The molecule has 1 aromatic carbocycles. The van der Waals surface area contributed by atoms with Crippen molar-refractivity contribution in [1.29, 1.82) is 0 Å². The SMILES string of the molecule is CCCOc1cccc(CNCC2(CC)CCC2)c1. The Morgan fingerprint density at radius 2 is 2.11 bits per heavy atom. The molecule has 1 fully saturated rings. The minimum absolute atomic E-state index is 0.594. The highest BCUT2D eigenvalue weighted by Crippen LogP contribution is 2.43. The first-order chi connectivity index (χ1) is 9.28. The Balaban J connectivity index is 1.79. The van der Waals surface area contributed by atoms with Gasteiger partial charge in [-0.05, 0) is 48.8 Å². The minimum Gasteiger partial charge on any atom is -0.494 e. The van der Waals surface area contributed by atoms with Crippen LogP contribution in [0.4, 0.5) is 0 Å². The fraction of sp³-hybridized carbons (Fsp3) is 0.647. The average molecular weight is 261 g/mol. The summed E-state index contributed by atoms with van der Waals surface area (Å²) in [5.74, 6) is 0.995. The number of nitrogens with one attached hydrogen (secondary N) is 1. The maximum absolute atomic E-state index is 5.67. The zero-order chi connectivity index (χ0) is 13.6. The highest BCUT2D eigenvalue weighted by molar-refractivity contribution is 5.28. The van der Waals surface area contributed by atoms with E-state index < -0.39 is 0 Å². The van der Waals surface area contributed by atoms with Crippen molar-refractivity contribution in [2.24, 2.45) is 5.41 Å². The molecule has 0 amide bonds. The number of ether oxygens (including phenoxy) is 1. The summed E-state index contributed by atoms with van der Waals surface area (Å²) in [6.45, 7) is 7.36. The normalized spacial score (nSPS) is 16.9. The number of hydrogen-bond donors (Lipinski definition) is 1. The first kappa shape index (κ1) is 14.4. The lowest BCUT2D eigenvalue weighted by Gasteiger charge is -2.41. The van der Waals surface area contributed by atoms with Gasteiger partial charge in [0.25, 0.3) is 0 Å². The Morgan fingerprint density at radius 1 is 1.26 bits per heavy atom. The van der Waals surface area contributed by atoms with Crippen LogP contribution in [0.3, 0.4) is 0 Å². The lowest BCUT2D eigenvalue weighted by molar-refractivity contribution is 0.124. The Kier molecular flexibility index (Phi) is 5.26. The van der Waals surface area contributed by atoms with Gasteiger partial charge in [-0.1, -0.05) is 32.4 Å². The summed E-state index contributed by atoms with van der Waals surface area (Å²) >= 11 is 0. The van der Waals surface area contributed by atoms with Crippen LogP contribution < -0.4 is 10.1 Å². The maximum Gasteiger partial charge on any atom is 0.119 e. The third-order valence-corrected chi connectivity index (χ3v) is 4.36. The molecule has 0 aliphatic heterocycles. The van der Waals surface area contributed by atoms with Gasteiger partial charge in [0.2, 0.25) is 0 Å². The van der Waals surface area contributed by atoms with Crippen LogP contribution in [0.5, 0.6) is 5.75 Å². The second-order valence-electron chi connectivity index (χ2n) is 5.81. The zero-order valence-corrected chi connectivity index (χ0v) is 12.4. The number of benzene rings is 1. The van der Waals surface area contributed by atoms with Crippen molar-refractivity contribution >= 4 is 0 Å². The molecule has 1 N–H and O–H groups in total. The van der Waals surface area contributed by atoms with Crippen LogP contribution in [0.1, 0.15) is 51.5 Å². The summed E-state index contributed by atoms with van der Waals surface area (Å²) in [5.41, 5.74) is 1.91. The molecule has 0 unspecified atom stereocenters. The van der Waals surface area contributed by atoms with Gasteiger partial charge in [0.05, 0.1) is 6.61 Å². The molecule has 1 saturated carbocycles. The number of rotatable bonds is 8. The molecule has 0 atom stereocenters. The van der Waals surface area contributed by atoms with Crippen LogP contribution >= 0.6 is 0 Å². The van der Waals surface area contributed by atoms with Gasteiger partial charge in [-0.15, -0.1) is 0 Å². The van der Waals surface area contributed by atoms with Gasteiger partial charge in [0, 0.05) is 13.1 Å². The van der Waals surface area contributed by atoms with E-state index >= 15 is 0 Å². The topological polar surface area (TPSA) is 21.3 Å². The zero-order valence-electron chi connectivity index (χ0n) is 12.4. The lowest BCUT2D eigenvalue weighted by atomic mass is 9.67. The predicted octanol–water partition coefficient (Wildman–Crippen LogP) is 4.15. The molecule has 1 aromatic rings. The van der Waals surface area contributed by atoms with Crippen LogP contribution in [-0.4, -0.2) is 13.2 Å². The van der Waals surface area contributed by atoms with E-state index in [9.17, 15) is 0 Å². The fourth-order valence-corrected chi connectivity index (χ4v) is 2.77. The Labute approximate surface area is 117 Å². The second-order valence-corrected chi connectivity index (χ2v) is 5.81. The molecule has 106 valence electrons. The summed E-state index contributed by atoms with van der Waals surface area (Å²) in [4.78, 5) is 0. The molecular formula is C17H27NO. The monoisotopic (exact) mass is 261 g/mol. The second kappa shape index (κ2) is 6.95. The lowest BCUT2D eigenvalue weighted by Crippen LogP contribution is -2.39. The van der Waals surface area contributed by atoms with Crippen molar-refractivity contribution in [3.05, 3.63) is 29.8 Å². The minimum atomic E-state index is 0.594. The number of hydrogen-bond acceptors (Lipinski definition) is 2. The van der Waals surface area contributed by atoms with Crippen molar-refractivity contribution in [3.63, 3.8) is 0 Å². The van der Waals surface area contributed by atoms with E-state index in [0.717, 1.165) is 31.9 Å². The molecule has 19 heavy (non-hydrogen) atoms. The standard InChI is InChI=1S/C17H27NO/c1-3-11-19-16-8-5-7-15(12-16)13-18-14-17(4-2)9-6-10-17/h5,7-8,12,18H,3-4,6,9-11,13-14H2,1-2H3. The van der Waals surface area contributed by atoms with Crippen LogP contribution in [0, 0.1) is 5.41 Å². The Hall–Kier alpha value is -1.02. The van der Waals surface area contributed by atoms with E-state index in [4.69, 9.17) is 4.74 Å². The summed E-state index contributed by atoms with van der Waals surface area (Å²) in [5, 5.41) is 3.62. The third kappa shape index (κ3) is 3.97. The summed E-state index contributed by atoms with van der Waals surface area (Å²) in [6.07, 6.45) is 6.57.